The van der Waals surface area contributed by atoms with Crippen LogP contribution in [-0.4, -0.2) is 41.3 Å². The highest BCUT2D eigenvalue weighted by Gasteiger charge is 2.60. The SMILES string of the molecule is O=C(O)[C@@H]1[C@H]2CCCN(C(=O)OCC3c4ccccc4-c4ccccc43)[C@H]21. The van der Waals surface area contributed by atoms with Gasteiger partial charge in [-0.3, -0.25) is 4.79 Å². The molecule has 5 heteroatoms. The second kappa shape index (κ2) is 6.12. The lowest BCUT2D eigenvalue weighted by atomic mass is 9.98. The fraction of sp³-hybridized carbons (Fsp3) is 0.364. The first-order valence-electron chi connectivity index (χ1n) is 9.51. The van der Waals surface area contributed by atoms with E-state index in [4.69, 9.17) is 4.74 Å². The van der Waals surface area contributed by atoms with Gasteiger partial charge in [0.15, 0.2) is 0 Å². The number of likely N-dealkylation sites (tertiary alicyclic amines) is 1. The predicted molar refractivity (Wildman–Crippen MR) is 99.4 cm³/mol. The summed E-state index contributed by atoms with van der Waals surface area (Å²) in [6.07, 6.45) is 1.35. The maximum absolute atomic E-state index is 12.7. The Hall–Kier alpha value is -2.82. The summed E-state index contributed by atoms with van der Waals surface area (Å²) < 4.78 is 5.70. The molecule has 5 nitrogen and oxygen atoms in total. The first-order valence-corrected chi connectivity index (χ1v) is 9.51. The van der Waals surface area contributed by atoms with Crippen molar-refractivity contribution in [2.75, 3.05) is 13.2 Å². The van der Waals surface area contributed by atoms with Gasteiger partial charge in [0, 0.05) is 12.5 Å². The van der Waals surface area contributed by atoms with Crippen LogP contribution in [0.4, 0.5) is 4.79 Å². The second-order valence-electron chi connectivity index (χ2n) is 7.66. The predicted octanol–water partition coefficient (Wildman–Crippen LogP) is 3.73. The average molecular weight is 363 g/mol. The van der Waals surface area contributed by atoms with Crippen LogP contribution < -0.4 is 0 Å². The number of ether oxygens (including phenoxy) is 1. The van der Waals surface area contributed by atoms with Crippen LogP contribution in [0.2, 0.25) is 0 Å². The van der Waals surface area contributed by atoms with Crippen molar-refractivity contribution in [2.24, 2.45) is 11.8 Å². The third-order valence-corrected chi connectivity index (χ3v) is 6.28. The number of fused-ring (bicyclic) bond motifs is 4. The smallest absolute Gasteiger partial charge is 0.410 e. The van der Waals surface area contributed by atoms with Crippen LogP contribution in [0.25, 0.3) is 11.1 Å². The molecule has 0 aromatic heterocycles. The lowest BCUT2D eigenvalue weighted by Crippen LogP contribution is -2.39. The largest absolute Gasteiger partial charge is 0.481 e. The Morgan fingerprint density at radius 1 is 1.04 bits per heavy atom. The molecule has 1 N–H and O–H groups in total. The molecule has 1 saturated carbocycles. The number of piperidine rings is 1. The highest BCUT2D eigenvalue weighted by atomic mass is 16.6. The topological polar surface area (TPSA) is 66.8 Å². The summed E-state index contributed by atoms with van der Waals surface area (Å²) in [6.45, 7) is 0.861. The third kappa shape index (κ3) is 2.52. The molecule has 1 heterocycles. The summed E-state index contributed by atoms with van der Waals surface area (Å²) in [5.74, 6) is -1.11. The Balaban J connectivity index is 1.33. The van der Waals surface area contributed by atoms with E-state index in [2.05, 4.69) is 24.3 Å². The number of carboxylic acids is 1. The highest BCUT2D eigenvalue weighted by molar-refractivity contribution is 5.80. The number of carboxylic acid groups (broad SMARTS) is 1. The number of carbonyl (C=O) groups is 2. The molecular formula is C22H21NO4. The van der Waals surface area contributed by atoms with Crippen molar-refractivity contribution in [1.29, 1.82) is 0 Å². The molecule has 5 rings (SSSR count). The maximum atomic E-state index is 12.7. The van der Waals surface area contributed by atoms with Gasteiger partial charge in [-0.25, -0.2) is 4.79 Å². The molecule has 2 aliphatic carbocycles. The van der Waals surface area contributed by atoms with Crippen LogP contribution in [-0.2, 0) is 9.53 Å². The molecule has 0 spiro atoms. The van der Waals surface area contributed by atoms with E-state index < -0.39 is 11.9 Å². The van der Waals surface area contributed by atoms with Crippen LogP contribution in [0.5, 0.6) is 0 Å². The van der Waals surface area contributed by atoms with Gasteiger partial charge in [0.05, 0.1) is 12.0 Å². The van der Waals surface area contributed by atoms with Crippen molar-refractivity contribution < 1.29 is 19.4 Å². The standard InChI is InChI=1S/C22H21NO4/c24-21(25)19-17-10-5-11-23(20(17)19)22(26)27-12-18-15-8-3-1-6-13(15)14-7-2-4-9-16(14)18/h1-4,6-9,17-20H,5,10-12H2,(H,24,25)/t17-,19-,20-/m1/s1. The van der Waals surface area contributed by atoms with E-state index in [1.54, 1.807) is 4.90 Å². The van der Waals surface area contributed by atoms with E-state index in [1.165, 1.54) is 22.3 Å². The molecule has 3 aliphatic rings. The van der Waals surface area contributed by atoms with Gasteiger partial charge in [0.2, 0.25) is 0 Å². The first-order chi connectivity index (χ1) is 13.2. The van der Waals surface area contributed by atoms with Gasteiger partial charge >= 0.3 is 12.1 Å². The van der Waals surface area contributed by atoms with Crippen molar-refractivity contribution in [3.63, 3.8) is 0 Å². The molecule has 0 bridgehead atoms. The molecule has 3 atom stereocenters. The van der Waals surface area contributed by atoms with Crippen molar-refractivity contribution >= 4 is 12.1 Å². The summed E-state index contributed by atoms with van der Waals surface area (Å²) in [5, 5.41) is 9.33. The molecule has 0 unspecified atom stereocenters. The lowest BCUT2D eigenvalue weighted by molar-refractivity contribution is -0.139. The van der Waals surface area contributed by atoms with Gasteiger partial charge < -0.3 is 14.7 Å². The van der Waals surface area contributed by atoms with Gasteiger partial charge in [-0.05, 0) is 41.0 Å². The number of benzene rings is 2. The summed E-state index contributed by atoms with van der Waals surface area (Å²) in [6, 6.07) is 16.3. The van der Waals surface area contributed by atoms with E-state index >= 15 is 0 Å². The molecule has 27 heavy (non-hydrogen) atoms. The number of rotatable bonds is 3. The van der Waals surface area contributed by atoms with Crippen LogP contribution in [0.1, 0.15) is 29.9 Å². The Bertz CT molecular complexity index is 879. The molecule has 1 saturated heterocycles. The number of hydrogen-bond donors (Lipinski definition) is 1. The van der Waals surface area contributed by atoms with E-state index in [1.807, 2.05) is 24.3 Å². The van der Waals surface area contributed by atoms with Gasteiger partial charge in [-0.2, -0.15) is 0 Å². The van der Waals surface area contributed by atoms with Crippen molar-refractivity contribution in [3.8, 4) is 11.1 Å². The minimum atomic E-state index is -0.802. The monoisotopic (exact) mass is 363 g/mol. The number of carbonyl (C=O) groups excluding carboxylic acids is 1. The minimum absolute atomic E-state index is 0.0245. The summed E-state index contributed by atoms with van der Waals surface area (Å²) >= 11 is 0. The molecular weight excluding hydrogens is 342 g/mol. The van der Waals surface area contributed by atoms with Crippen LogP contribution in [0.3, 0.4) is 0 Å². The zero-order chi connectivity index (χ0) is 18.5. The normalized spacial score (nSPS) is 25.3. The van der Waals surface area contributed by atoms with E-state index in [-0.39, 0.29) is 30.6 Å². The zero-order valence-electron chi connectivity index (χ0n) is 14.9. The Morgan fingerprint density at radius 3 is 2.30 bits per heavy atom. The molecule has 2 aromatic carbocycles. The van der Waals surface area contributed by atoms with Gasteiger partial charge in [0.25, 0.3) is 0 Å². The van der Waals surface area contributed by atoms with E-state index in [0.29, 0.717) is 6.54 Å². The first kappa shape index (κ1) is 16.4. The summed E-state index contributed by atoms with van der Waals surface area (Å²) in [7, 11) is 0. The molecule has 1 aliphatic heterocycles. The maximum Gasteiger partial charge on any atom is 0.410 e. The quantitative estimate of drug-likeness (QED) is 0.902. The molecule has 1 amide bonds. The lowest BCUT2D eigenvalue weighted by Gasteiger charge is -2.26. The van der Waals surface area contributed by atoms with Crippen molar-refractivity contribution in [3.05, 3.63) is 59.7 Å². The number of nitrogens with zero attached hydrogens (tertiary/aromatic N) is 1. The van der Waals surface area contributed by atoms with Crippen LogP contribution in [0.15, 0.2) is 48.5 Å². The van der Waals surface area contributed by atoms with Crippen LogP contribution >= 0.6 is 0 Å². The number of amides is 1. The Labute approximate surface area is 157 Å². The Kier molecular flexibility index (Phi) is 3.71. The number of aliphatic carboxylic acids is 1. The average Bonchev–Trinajstić information content (AvgIpc) is 3.35. The van der Waals surface area contributed by atoms with E-state index in [9.17, 15) is 14.7 Å². The van der Waals surface area contributed by atoms with Gasteiger partial charge in [-0.15, -0.1) is 0 Å². The second-order valence-corrected chi connectivity index (χ2v) is 7.66. The van der Waals surface area contributed by atoms with Gasteiger partial charge in [-0.1, -0.05) is 48.5 Å². The molecule has 138 valence electrons. The van der Waals surface area contributed by atoms with Gasteiger partial charge in [0.1, 0.15) is 6.61 Å². The number of hydrogen-bond acceptors (Lipinski definition) is 3. The molecule has 2 fully saturated rings. The van der Waals surface area contributed by atoms with E-state index in [0.717, 1.165) is 12.8 Å². The molecule has 2 aromatic rings. The Morgan fingerprint density at radius 2 is 1.67 bits per heavy atom. The minimum Gasteiger partial charge on any atom is -0.481 e. The fourth-order valence-electron chi connectivity index (χ4n) is 5.00. The van der Waals surface area contributed by atoms with Crippen molar-refractivity contribution in [1.82, 2.24) is 4.90 Å². The van der Waals surface area contributed by atoms with Crippen molar-refractivity contribution in [2.45, 2.75) is 24.8 Å². The zero-order valence-corrected chi connectivity index (χ0v) is 14.9. The highest BCUT2D eigenvalue weighted by Crippen LogP contribution is 2.50. The third-order valence-electron chi connectivity index (χ3n) is 6.28. The fourth-order valence-corrected chi connectivity index (χ4v) is 5.00. The molecule has 0 radical (unpaired) electrons. The summed E-state index contributed by atoms with van der Waals surface area (Å²) in [5.41, 5.74) is 4.75. The summed E-state index contributed by atoms with van der Waals surface area (Å²) in [4.78, 5) is 25.7. The van der Waals surface area contributed by atoms with Crippen LogP contribution in [0, 0.1) is 11.8 Å².